The average molecular weight is 341 g/mol. The molecule has 1 aromatic rings. The molecule has 0 saturated heterocycles. The molecule has 1 aliphatic carbocycles. The Bertz CT molecular complexity index is 505. The van der Waals surface area contributed by atoms with E-state index in [1.807, 2.05) is 11.6 Å². The summed E-state index contributed by atoms with van der Waals surface area (Å²) in [6.45, 7) is 9.34. The number of nitrogens with zero attached hydrogens (tertiary/aromatic N) is 2. The molecule has 1 atom stereocenters. The summed E-state index contributed by atoms with van der Waals surface area (Å²) in [5.74, 6) is 0.577. The van der Waals surface area contributed by atoms with Gasteiger partial charge in [-0.05, 0) is 48.0 Å². The highest BCUT2D eigenvalue weighted by Crippen LogP contribution is 2.41. The number of Topliss-reactive ketones (excluding diaryl/α,β-unsaturated/α-hetero) is 1. The van der Waals surface area contributed by atoms with E-state index in [1.54, 1.807) is 0 Å². The average Bonchev–Trinajstić information content (AvgIpc) is 2.65. The molecule has 0 bridgehead atoms. The highest BCUT2D eigenvalue weighted by atomic mass is 79.9. The maximum absolute atomic E-state index is 12.8. The van der Waals surface area contributed by atoms with E-state index in [-0.39, 0.29) is 11.3 Å². The Morgan fingerprint density at radius 1 is 1.45 bits per heavy atom. The van der Waals surface area contributed by atoms with Crippen LogP contribution in [0.25, 0.3) is 0 Å². The number of aryl methyl sites for hydroxylation is 2. The number of aromatic nitrogens is 2. The van der Waals surface area contributed by atoms with Gasteiger partial charge in [-0.3, -0.25) is 9.48 Å². The molecule has 1 unspecified atom stereocenters. The van der Waals surface area contributed by atoms with Crippen LogP contribution in [0, 0.1) is 18.3 Å². The molecule has 1 heterocycles. The molecule has 0 spiro atoms. The smallest absolute Gasteiger partial charge is 0.142 e. The van der Waals surface area contributed by atoms with Gasteiger partial charge in [-0.25, -0.2) is 0 Å². The van der Waals surface area contributed by atoms with Gasteiger partial charge in [0.25, 0.3) is 0 Å². The first-order valence-corrected chi connectivity index (χ1v) is 8.40. The largest absolute Gasteiger partial charge is 0.299 e. The molecule has 112 valence electrons. The van der Waals surface area contributed by atoms with Gasteiger partial charge in [0, 0.05) is 18.9 Å². The summed E-state index contributed by atoms with van der Waals surface area (Å²) in [4.78, 5) is 12.8. The zero-order valence-electron chi connectivity index (χ0n) is 13.0. The quantitative estimate of drug-likeness (QED) is 0.818. The molecule has 0 N–H and O–H groups in total. The molecule has 1 saturated carbocycles. The zero-order chi connectivity index (χ0) is 14.9. The van der Waals surface area contributed by atoms with Crippen LogP contribution < -0.4 is 0 Å². The number of hydrogen-bond acceptors (Lipinski definition) is 2. The number of halogens is 1. The second-order valence-corrected chi connectivity index (χ2v) is 7.38. The normalized spacial score (nSPS) is 21.9. The predicted molar refractivity (Wildman–Crippen MR) is 84.8 cm³/mol. The molecule has 20 heavy (non-hydrogen) atoms. The SMILES string of the molecule is CCn1nc(C)c(Br)c1CC(=O)C1CCCCC1(C)C. The Balaban J connectivity index is 2.19. The predicted octanol–water partition coefficient (Wildman–Crippen LogP) is 4.30. The van der Waals surface area contributed by atoms with Crippen LogP contribution in [0.2, 0.25) is 0 Å². The first-order valence-electron chi connectivity index (χ1n) is 7.61. The van der Waals surface area contributed by atoms with Gasteiger partial charge in [0.15, 0.2) is 0 Å². The van der Waals surface area contributed by atoms with Crippen LogP contribution >= 0.6 is 15.9 Å². The van der Waals surface area contributed by atoms with Crippen LogP contribution in [0.5, 0.6) is 0 Å². The Morgan fingerprint density at radius 2 is 2.15 bits per heavy atom. The summed E-state index contributed by atoms with van der Waals surface area (Å²) in [5, 5.41) is 4.48. The second kappa shape index (κ2) is 6.00. The van der Waals surface area contributed by atoms with Gasteiger partial charge in [0.2, 0.25) is 0 Å². The lowest BCUT2D eigenvalue weighted by Gasteiger charge is -2.37. The first kappa shape index (κ1) is 15.7. The van der Waals surface area contributed by atoms with Crippen LogP contribution in [-0.4, -0.2) is 15.6 Å². The third-order valence-electron chi connectivity index (χ3n) is 4.69. The van der Waals surface area contributed by atoms with Crippen molar-refractivity contribution >= 4 is 21.7 Å². The van der Waals surface area contributed by atoms with Crippen molar-refractivity contribution in [2.45, 2.75) is 66.3 Å². The molecule has 1 fully saturated rings. The van der Waals surface area contributed by atoms with Crippen molar-refractivity contribution in [2.24, 2.45) is 11.3 Å². The van der Waals surface area contributed by atoms with E-state index in [0.29, 0.717) is 12.2 Å². The van der Waals surface area contributed by atoms with Crippen molar-refractivity contribution in [3.8, 4) is 0 Å². The molecule has 1 aromatic heterocycles. The van der Waals surface area contributed by atoms with Crippen LogP contribution in [0.4, 0.5) is 0 Å². The maximum Gasteiger partial charge on any atom is 0.142 e. The van der Waals surface area contributed by atoms with Gasteiger partial charge in [0.05, 0.1) is 15.9 Å². The van der Waals surface area contributed by atoms with E-state index in [1.165, 1.54) is 12.8 Å². The van der Waals surface area contributed by atoms with E-state index in [0.717, 1.165) is 35.2 Å². The Hall–Kier alpha value is -0.640. The van der Waals surface area contributed by atoms with Crippen molar-refractivity contribution in [3.63, 3.8) is 0 Å². The Labute approximate surface area is 130 Å². The van der Waals surface area contributed by atoms with E-state index in [9.17, 15) is 4.79 Å². The molecule has 0 amide bonds. The number of carbonyl (C=O) groups excluding carboxylic acids is 1. The summed E-state index contributed by atoms with van der Waals surface area (Å²) >= 11 is 3.59. The summed E-state index contributed by atoms with van der Waals surface area (Å²) in [5.41, 5.74) is 2.16. The monoisotopic (exact) mass is 340 g/mol. The third kappa shape index (κ3) is 3.00. The minimum absolute atomic E-state index is 0.147. The molecular weight excluding hydrogens is 316 g/mol. The number of rotatable bonds is 4. The van der Waals surface area contributed by atoms with Gasteiger partial charge in [0.1, 0.15) is 5.78 Å². The standard InChI is InChI=1S/C16H25BrN2O/c1-5-19-13(15(17)11(2)18-19)10-14(20)12-8-6-7-9-16(12,3)4/h12H,5-10H2,1-4H3. The third-order valence-corrected chi connectivity index (χ3v) is 5.72. The van der Waals surface area contributed by atoms with Crippen LogP contribution in [0.1, 0.15) is 57.8 Å². The topological polar surface area (TPSA) is 34.9 Å². The van der Waals surface area contributed by atoms with Crippen molar-refractivity contribution in [1.29, 1.82) is 0 Å². The molecule has 3 nitrogen and oxygen atoms in total. The van der Waals surface area contributed by atoms with E-state index in [4.69, 9.17) is 0 Å². The van der Waals surface area contributed by atoms with Crippen LogP contribution in [0.3, 0.4) is 0 Å². The number of ketones is 1. The summed E-state index contributed by atoms with van der Waals surface area (Å²) in [6.07, 6.45) is 5.16. The van der Waals surface area contributed by atoms with Gasteiger partial charge in [-0.2, -0.15) is 5.10 Å². The maximum atomic E-state index is 12.8. The number of carbonyl (C=O) groups is 1. The summed E-state index contributed by atoms with van der Waals surface area (Å²) in [6, 6.07) is 0. The Morgan fingerprint density at radius 3 is 2.75 bits per heavy atom. The minimum atomic E-state index is 0.147. The van der Waals surface area contributed by atoms with Crippen molar-refractivity contribution in [3.05, 3.63) is 15.9 Å². The van der Waals surface area contributed by atoms with E-state index in [2.05, 4.69) is 41.8 Å². The molecule has 1 aliphatic rings. The molecular formula is C16H25BrN2O. The molecule has 0 aromatic carbocycles. The fraction of sp³-hybridized carbons (Fsp3) is 0.750. The van der Waals surface area contributed by atoms with E-state index >= 15 is 0 Å². The fourth-order valence-electron chi connectivity index (χ4n) is 3.42. The fourth-order valence-corrected chi connectivity index (χ4v) is 3.84. The first-order chi connectivity index (χ1) is 9.36. The minimum Gasteiger partial charge on any atom is -0.299 e. The summed E-state index contributed by atoms with van der Waals surface area (Å²) < 4.78 is 2.95. The van der Waals surface area contributed by atoms with Crippen molar-refractivity contribution < 1.29 is 4.79 Å². The zero-order valence-corrected chi connectivity index (χ0v) is 14.6. The van der Waals surface area contributed by atoms with Crippen molar-refractivity contribution in [1.82, 2.24) is 9.78 Å². The molecule has 2 rings (SSSR count). The highest BCUT2D eigenvalue weighted by molar-refractivity contribution is 9.10. The lowest BCUT2D eigenvalue weighted by atomic mass is 9.66. The van der Waals surface area contributed by atoms with Crippen LogP contribution in [-0.2, 0) is 17.8 Å². The molecule has 0 aliphatic heterocycles. The van der Waals surface area contributed by atoms with Crippen LogP contribution in [0.15, 0.2) is 4.47 Å². The van der Waals surface area contributed by atoms with E-state index < -0.39 is 0 Å². The highest BCUT2D eigenvalue weighted by Gasteiger charge is 2.37. The lowest BCUT2D eigenvalue weighted by molar-refractivity contribution is -0.127. The van der Waals surface area contributed by atoms with Gasteiger partial charge in [-0.15, -0.1) is 0 Å². The van der Waals surface area contributed by atoms with Gasteiger partial charge in [-0.1, -0.05) is 26.7 Å². The summed E-state index contributed by atoms with van der Waals surface area (Å²) in [7, 11) is 0. The number of hydrogen-bond donors (Lipinski definition) is 0. The molecule has 4 heteroatoms. The van der Waals surface area contributed by atoms with Gasteiger partial charge >= 0.3 is 0 Å². The molecule has 0 radical (unpaired) electrons. The van der Waals surface area contributed by atoms with Crippen molar-refractivity contribution in [2.75, 3.05) is 0 Å². The second-order valence-electron chi connectivity index (χ2n) is 6.59. The Kier molecular flexibility index (Phi) is 4.73. The van der Waals surface area contributed by atoms with Gasteiger partial charge < -0.3 is 0 Å². The lowest BCUT2D eigenvalue weighted by Crippen LogP contribution is -2.35.